The summed E-state index contributed by atoms with van der Waals surface area (Å²) in [7, 11) is 4.04. The molecular formula is C17H18N4OS. The minimum atomic E-state index is -0.458. The third-order valence-corrected chi connectivity index (χ3v) is 4.58. The van der Waals surface area contributed by atoms with Crippen LogP contribution in [0.4, 0.5) is 5.69 Å². The van der Waals surface area contributed by atoms with Gasteiger partial charge in [0.1, 0.15) is 11.3 Å². The summed E-state index contributed by atoms with van der Waals surface area (Å²) >= 11 is 1.69. The molecule has 1 heterocycles. The summed E-state index contributed by atoms with van der Waals surface area (Å²) < 4.78 is 0. The molecule has 0 fully saturated rings. The van der Waals surface area contributed by atoms with Crippen molar-refractivity contribution in [3.05, 3.63) is 53.9 Å². The Morgan fingerprint density at radius 1 is 1.22 bits per heavy atom. The molecule has 1 amide bonds. The Labute approximate surface area is 138 Å². The van der Waals surface area contributed by atoms with E-state index in [4.69, 9.17) is 5.73 Å². The molecule has 23 heavy (non-hydrogen) atoms. The maximum absolute atomic E-state index is 11.4. The molecule has 0 bridgehead atoms. The third kappa shape index (κ3) is 3.32. The number of thioether (sulfide) groups is 1. The van der Waals surface area contributed by atoms with Crippen molar-refractivity contribution in [1.82, 2.24) is 9.97 Å². The van der Waals surface area contributed by atoms with Crippen LogP contribution in [0.1, 0.15) is 16.2 Å². The lowest BCUT2D eigenvalue weighted by atomic mass is 10.2. The number of aromatic nitrogens is 2. The summed E-state index contributed by atoms with van der Waals surface area (Å²) in [5.74, 6) is 1.07. The van der Waals surface area contributed by atoms with E-state index in [1.54, 1.807) is 23.9 Å². The molecule has 0 aliphatic carbocycles. The van der Waals surface area contributed by atoms with Crippen molar-refractivity contribution in [2.75, 3.05) is 19.0 Å². The molecule has 0 aliphatic rings. The number of nitrogens with zero attached hydrogens (tertiary/aromatic N) is 2. The van der Waals surface area contributed by atoms with Crippen LogP contribution in [-0.4, -0.2) is 30.0 Å². The molecule has 5 nitrogen and oxygen atoms in total. The van der Waals surface area contributed by atoms with Crippen LogP contribution >= 0.6 is 11.8 Å². The number of H-pyrrole nitrogens is 1. The van der Waals surface area contributed by atoms with Crippen molar-refractivity contribution < 1.29 is 4.79 Å². The Bertz CT molecular complexity index is 839. The number of primary amides is 1. The number of amides is 1. The molecule has 3 aromatic rings. The lowest BCUT2D eigenvalue weighted by Gasteiger charge is -2.12. The van der Waals surface area contributed by atoms with E-state index in [1.165, 1.54) is 10.6 Å². The molecule has 0 unspecified atom stereocenters. The average Bonchev–Trinajstić information content (AvgIpc) is 2.95. The highest BCUT2D eigenvalue weighted by molar-refractivity contribution is 7.98. The minimum Gasteiger partial charge on any atom is -0.378 e. The van der Waals surface area contributed by atoms with Crippen LogP contribution in [0.15, 0.2) is 47.4 Å². The first-order chi connectivity index (χ1) is 11.0. The van der Waals surface area contributed by atoms with E-state index in [2.05, 4.69) is 39.1 Å². The van der Waals surface area contributed by atoms with Gasteiger partial charge in [0.25, 0.3) is 5.91 Å². The van der Waals surface area contributed by atoms with Gasteiger partial charge in [0.05, 0.1) is 16.8 Å². The predicted octanol–water partition coefficient (Wildman–Crippen LogP) is 3.02. The number of nitrogens with one attached hydrogen (secondary N) is 1. The van der Waals surface area contributed by atoms with Gasteiger partial charge in [-0.05, 0) is 36.4 Å². The maximum Gasteiger partial charge on any atom is 0.250 e. The fourth-order valence-electron chi connectivity index (χ4n) is 2.34. The lowest BCUT2D eigenvalue weighted by molar-refractivity contribution is 0.100. The zero-order chi connectivity index (χ0) is 16.4. The molecule has 1 aromatic heterocycles. The van der Waals surface area contributed by atoms with Crippen LogP contribution in [0.25, 0.3) is 11.0 Å². The van der Waals surface area contributed by atoms with Gasteiger partial charge in [-0.2, -0.15) is 0 Å². The van der Waals surface area contributed by atoms with Crippen molar-refractivity contribution in [2.24, 2.45) is 5.73 Å². The predicted molar refractivity (Wildman–Crippen MR) is 94.9 cm³/mol. The molecule has 0 saturated heterocycles. The Hall–Kier alpha value is -2.47. The Morgan fingerprint density at radius 2 is 1.96 bits per heavy atom. The van der Waals surface area contributed by atoms with Crippen molar-refractivity contribution in [3.8, 4) is 0 Å². The number of rotatable bonds is 5. The number of benzene rings is 2. The molecule has 0 saturated carbocycles. The molecular weight excluding hydrogens is 308 g/mol. The van der Waals surface area contributed by atoms with Gasteiger partial charge in [-0.15, -0.1) is 11.8 Å². The number of hydrogen-bond acceptors (Lipinski definition) is 4. The minimum absolute atomic E-state index is 0.449. The number of para-hydroxylation sites is 1. The standard InChI is InChI=1S/C17H18N4OS/c1-21(2)11-6-8-12(9-7-11)23-10-15-19-14-5-3-4-13(17(18)22)16(14)20-15/h3-9H,10H2,1-2H3,(H2,18,22)(H,19,20). The van der Waals surface area contributed by atoms with Gasteiger partial charge < -0.3 is 15.6 Å². The highest BCUT2D eigenvalue weighted by Crippen LogP contribution is 2.25. The summed E-state index contributed by atoms with van der Waals surface area (Å²) in [5.41, 5.74) is 8.48. The Balaban J connectivity index is 1.77. The number of aromatic amines is 1. The van der Waals surface area contributed by atoms with Crippen molar-refractivity contribution in [1.29, 1.82) is 0 Å². The first kappa shape index (κ1) is 15.4. The summed E-state index contributed by atoms with van der Waals surface area (Å²) in [6, 6.07) is 13.8. The fraction of sp³-hybridized carbons (Fsp3) is 0.176. The van der Waals surface area contributed by atoms with Gasteiger partial charge in [-0.3, -0.25) is 4.79 Å². The van der Waals surface area contributed by atoms with Crippen molar-refractivity contribution in [3.63, 3.8) is 0 Å². The highest BCUT2D eigenvalue weighted by atomic mass is 32.2. The number of fused-ring (bicyclic) bond motifs is 1. The second kappa shape index (κ2) is 6.34. The maximum atomic E-state index is 11.4. The summed E-state index contributed by atoms with van der Waals surface area (Å²) in [5, 5.41) is 0. The molecule has 3 rings (SSSR count). The molecule has 118 valence electrons. The first-order valence-electron chi connectivity index (χ1n) is 7.22. The molecule has 0 atom stereocenters. The molecule has 2 aromatic carbocycles. The quantitative estimate of drug-likeness (QED) is 0.707. The van der Waals surface area contributed by atoms with Gasteiger partial charge in [-0.25, -0.2) is 4.98 Å². The summed E-state index contributed by atoms with van der Waals surface area (Å²) in [4.78, 5) is 22.4. The van der Waals surface area contributed by atoms with E-state index < -0.39 is 5.91 Å². The average molecular weight is 326 g/mol. The fourth-order valence-corrected chi connectivity index (χ4v) is 3.11. The van der Waals surface area contributed by atoms with Crippen LogP contribution in [-0.2, 0) is 5.75 Å². The number of nitrogens with two attached hydrogens (primary N) is 1. The largest absolute Gasteiger partial charge is 0.378 e. The molecule has 0 spiro atoms. The van der Waals surface area contributed by atoms with Crippen LogP contribution in [0.5, 0.6) is 0 Å². The van der Waals surface area contributed by atoms with E-state index in [9.17, 15) is 4.79 Å². The van der Waals surface area contributed by atoms with Crippen LogP contribution in [0.3, 0.4) is 0 Å². The number of imidazole rings is 1. The zero-order valence-corrected chi connectivity index (χ0v) is 13.9. The third-order valence-electron chi connectivity index (χ3n) is 3.56. The Morgan fingerprint density at radius 3 is 2.61 bits per heavy atom. The van der Waals surface area contributed by atoms with E-state index in [0.717, 1.165) is 11.3 Å². The van der Waals surface area contributed by atoms with E-state index in [0.29, 0.717) is 16.8 Å². The molecule has 0 radical (unpaired) electrons. The SMILES string of the molecule is CN(C)c1ccc(SCc2nc3c(C(N)=O)cccc3[nH]2)cc1. The van der Waals surface area contributed by atoms with Gasteiger partial charge in [0.2, 0.25) is 0 Å². The van der Waals surface area contributed by atoms with E-state index in [1.807, 2.05) is 20.2 Å². The van der Waals surface area contributed by atoms with Gasteiger partial charge in [-0.1, -0.05) is 6.07 Å². The normalized spacial score (nSPS) is 10.9. The lowest BCUT2D eigenvalue weighted by Crippen LogP contribution is -2.11. The molecule has 6 heteroatoms. The van der Waals surface area contributed by atoms with Crippen LogP contribution < -0.4 is 10.6 Å². The molecule has 3 N–H and O–H groups in total. The number of carbonyl (C=O) groups is 1. The number of anilines is 1. The van der Waals surface area contributed by atoms with Gasteiger partial charge >= 0.3 is 0 Å². The van der Waals surface area contributed by atoms with Crippen molar-refractivity contribution in [2.45, 2.75) is 10.6 Å². The van der Waals surface area contributed by atoms with Crippen LogP contribution in [0.2, 0.25) is 0 Å². The smallest absolute Gasteiger partial charge is 0.250 e. The number of hydrogen-bond donors (Lipinski definition) is 2. The Kier molecular flexibility index (Phi) is 4.25. The van der Waals surface area contributed by atoms with E-state index >= 15 is 0 Å². The summed E-state index contributed by atoms with van der Waals surface area (Å²) in [6.07, 6.45) is 0. The second-order valence-electron chi connectivity index (χ2n) is 5.43. The highest BCUT2D eigenvalue weighted by Gasteiger charge is 2.11. The molecule has 0 aliphatic heterocycles. The van der Waals surface area contributed by atoms with E-state index in [-0.39, 0.29) is 0 Å². The van der Waals surface area contributed by atoms with Crippen molar-refractivity contribution >= 4 is 34.4 Å². The monoisotopic (exact) mass is 326 g/mol. The number of carbonyl (C=O) groups excluding carboxylic acids is 1. The zero-order valence-electron chi connectivity index (χ0n) is 13.0. The van der Waals surface area contributed by atoms with Gasteiger partial charge in [0, 0.05) is 24.7 Å². The first-order valence-corrected chi connectivity index (χ1v) is 8.21. The van der Waals surface area contributed by atoms with Gasteiger partial charge in [0.15, 0.2) is 0 Å². The summed E-state index contributed by atoms with van der Waals surface area (Å²) in [6.45, 7) is 0. The topological polar surface area (TPSA) is 75.0 Å². The second-order valence-corrected chi connectivity index (χ2v) is 6.48. The van der Waals surface area contributed by atoms with Crippen LogP contribution in [0, 0.1) is 0 Å².